The molecule has 0 saturated carbocycles. The van der Waals surface area contributed by atoms with Crippen molar-refractivity contribution in [3.63, 3.8) is 0 Å². The Morgan fingerprint density at radius 3 is 2.74 bits per heavy atom. The summed E-state index contributed by atoms with van der Waals surface area (Å²) >= 11 is 1.37. The lowest BCUT2D eigenvalue weighted by Gasteiger charge is -2.27. The zero-order valence-corrected chi connectivity index (χ0v) is 12.5. The Kier molecular flexibility index (Phi) is 5.37. The van der Waals surface area contributed by atoms with Gasteiger partial charge >= 0.3 is 0 Å². The molecule has 19 heavy (non-hydrogen) atoms. The highest BCUT2D eigenvalue weighted by atomic mass is 32.2. The van der Waals surface area contributed by atoms with E-state index in [1.807, 2.05) is 32.9 Å². The lowest BCUT2D eigenvalue weighted by molar-refractivity contribution is -0.120. The lowest BCUT2D eigenvalue weighted by Crippen LogP contribution is -2.49. The molecule has 0 saturated heterocycles. The van der Waals surface area contributed by atoms with Gasteiger partial charge in [-0.05, 0) is 31.4 Å². The van der Waals surface area contributed by atoms with Gasteiger partial charge in [-0.2, -0.15) is 5.26 Å². The first kappa shape index (κ1) is 15.5. The van der Waals surface area contributed by atoms with Crippen molar-refractivity contribution >= 4 is 17.7 Å². The Morgan fingerprint density at radius 1 is 1.58 bits per heavy atom. The minimum atomic E-state index is -0.821. The number of hydrogen-bond acceptors (Lipinski definition) is 4. The third kappa shape index (κ3) is 4.56. The zero-order chi connectivity index (χ0) is 14.5. The fourth-order valence-corrected chi connectivity index (χ4v) is 1.95. The van der Waals surface area contributed by atoms with E-state index in [0.29, 0.717) is 0 Å². The van der Waals surface area contributed by atoms with E-state index in [9.17, 15) is 4.79 Å². The van der Waals surface area contributed by atoms with Crippen molar-refractivity contribution in [2.45, 2.75) is 38.3 Å². The highest BCUT2D eigenvalue weighted by molar-refractivity contribution is 7.99. The third-order valence-electron chi connectivity index (χ3n) is 3.02. The Bertz CT molecular complexity index is 478. The predicted molar refractivity (Wildman–Crippen MR) is 76.7 cm³/mol. The van der Waals surface area contributed by atoms with Crippen LogP contribution >= 0.6 is 11.8 Å². The van der Waals surface area contributed by atoms with E-state index in [0.717, 1.165) is 10.6 Å². The van der Waals surface area contributed by atoms with Gasteiger partial charge in [-0.25, -0.2) is 4.98 Å². The fourth-order valence-electron chi connectivity index (χ4n) is 1.31. The van der Waals surface area contributed by atoms with Gasteiger partial charge in [0.25, 0.3) is 0 Å². The van der Waals surface area contributed by atoms with Crippen LogP contribution in [-0.2, 0) is 4.79 Å². The van der Waals surface area contributed by atoms with E-state index in [-0.39, 0.29) is 17.6 Å². The van der Waals surface area contributed by atoms with Crippen molar-refractivity contribution in [3.05, 3.63) is 23.9 Å². The molecule has 1 N–H and O–H groups in total. The number of carbonyl (C=O) groups is 1. The number of aromatic nitrogens is 1. The topological polar surface area (TPSA) is 65.8 Å². The minimum Gasteiger partial charge on any atom is -0.337 e. The SMILES string of the molecule is Cc1ccc(SCC(=O)N[C@](C)(C#N)C(C)C)nc1. The molecular formula is C14H19N3OS. The van der Waals surface area contributed by atoms with Crippen LogP contribution in [0.4, 0.5) is 0 Å². The highest BCUT2D eigenvalue weighted by Crippen LogP contribution is 2.18. The summed E-state index contributed by atoms with van der Waals surface area (Å²) in [5.74, 6) is 0.175. The molecule has 0 aromatic carbocycles. The van der Waals surface area contributed by atoms with Gasteiger partial charge in [0.1, 0.15) is 5.54 Å². The Hall–Kier alpha value is -1.54. The van der Waals surface area contributed by atoms with Gasteiger partial charge in [-0.3, -0.25) is 4.79 Å². The first-order valence-corrected chi connectivity index (χ1v) is 7.13. The number of pyridine rings is 1. The second kappa shape index (κ2) is 6.58. The van der Waals surface area contributed by atoms with E-state index in [4.69, 9.17) is 5.26 Å². The van der Waals surface area contributed by atoms with Gasteiger partial charge in [0, 0.05) is 6.20 Å². The molecule has 0 radical (unpaired) electrons. The maximum Gasteiger partial charge on any atom is 0.231 e. The molecule has 4 nitrogen and oxygen atoms in total. The molecule has 1 atom stereocenters. The van der Waals surface area contributed by atoms with Crippen LogP contribution in [0.3, 0.4) is 0 Å². The molecule has 0 aliphatic carbocycles. The van der Waals surface area contributed by atoms with Crippen LogP contribution in [-0.4, -0.2) is 22.2 Å². The number of carbonyl (C=O) groups excluding carboxylic acids is 1. The summed E-state index contributed by atoms with van der Waals surface area (Å²) in [5.41, 5.74) is 0.267. The number of thioether (sulfide) groups is 1. The van der Waals surface area contributed by atoms with Crippen LogP contribution < -0.4 is 5.32 Å². The molecule has 0 aliphatic rings. The Morgan fingerprint density at radius 2 is 2.26 bits per heavy atom. The highest BCUT2D eigenvalue weighted by Gasteiger charge is 2.29. The van der Waals surface area contributed by atoms with Gasteiger partial charge in [-0.1, -0.05) is 31.7 Å². The van der Waals surface area contributed by atoms with Crippen LogP contribution in [0.15, 0.2) is 23.4 Å². The van der Waals surface area contributed by atoms with Crippen LogP contribution in [0, 0.1) is 24.2 Å². The molecule has 1 amide bonds. The molecule has 0 fully saturated rings. The normalized spacial score (nSPS) is 13.7. The summed E-state index contributed by atoms with van der Waals surface area (Å²) in [6.07, 6.45) is 1.77. The van der Waals surface area contributed by atoms with Crippen molar-refractivity contribution in [2.24, 2.45) is 5.92 Å². The molecular weight excluding hydrogens is 258 g/mol. The second-order valence-electron chi connectivity index (χ2n) is 4.98. The maximum atomic E-state index is 11.9. The van der Waals surface area contributed by atoms with Crippen LogP contribution in [0.2, 0.25) is 0 Å². The Labute approximate surface area is 118 Å². The number of amides is 1. The van der Waals surface area contributed by atoms with Crippen molar-refractivity contribution in [2.75, 3.05) is 5.75 Å². The van der Waals surface area contributed by atoms with Gasteiger partial charge in [0.15, 0.2) is 0 Å². The summed E-state index contributed by atoms with van der Waals surface area (Å²) < 4.78 is 0. The van der Waals surface area contributed by atoms with Crippen LogP contribution in [0.5, 0.6) is 0 Å². The summed E-state index contributed by atoms with van der Waals surface area (Å²) in [5, 5.41) is 12.7. The van der Waals surface area contributed by atoms with E-state index in [2.05, 4.69) is 16.4 Å². The summed E-state index contributed by atoms with van der Waals surface area (Å²) in [7, 11) is 0. The molecule has 0 unspecified atom stereocenters. The smallest absolute Gasteiger partial charge is 0.231 e. The average Bonchev–Trinajstić information content (AvgIpc) is 2.37. The van der Waals surface area contributed by atoms with E-state index in [1.165, 1.54) is 11.8 Å². The fraction of sp³-hybridized carbons (Fsp3) is 0.500. The molecule has 5 heteroatoms. The quantitative estimate of drug-likeness (QED) is 0.840. The third-order valence-corrected chi connectivity index (χ3v) is 3.97. The summed E-state index contributed by atoms with van der Waals surface area (Å²) in [4.78, 5) is 16.1. The molecule has 0 bridgehead atoms. The van der Waals surface area contributed by atoms with Crippen molar-refractivity contribution in [1.29, 1.82) is 5.26 Å². The number of rotatable bonds is 5. The van der Waals surface area contributed by atoms with Gasteiger partial charge in [-0.15, -0.1) is 0 Å². The molecule has 1 rings (SSSR count). The second-order valence-corrected chi connectivity index (χ2v) is 5.98. The van der Waals surface area contributed by atoms with Crippen molar-refractivity contribution in [1.82, 2.24) is 10.3 Å². The molecule has 1 heterocycles. The maximum absolute atomic E-state index is 11.9. The number of aryl methyl sites for hydroxylation is 1. The predicted octanol–water partition coefficient (Wildman–Crippen LogP) is 2.54. The van der Waals surface area contributed by atoms with Gasteiger partial charge in [0.05, 0.1) is 16.8 Å². The molecule has 1 aromatic rings. The minimum absolute atomic E-state index is 0.0592. The number of nitrogens with zero attached hydrogens (tertiary/aromatic N) is 2. The summed E-state index contributed by atoms with van der Waals surface area (Å²) in [6.45, 7) is 7.54. The van der Waals surface area contributed by atoms with Crippen LogP contribution in [0.1, 0.15) is 26.3 Å². The van der Waals surface area contributed by atoms with E-state index < -0.39 is 5.54 Å². The van der Waals surface area contributed by atoms with Gasteiger partial charge < -0.3 is 5.32 Å². The van der Waals surface area contributed by atoms with E-state index >= 15 is 0 Å². The molecule has 102 valence electrons. The first-order valence-electron chi connectivity index (χ1n) is 6.15. The standard InChI is InChI=1S/C14H19N3OS/c1-10(2)14(4,9-15)17-12(18)8-19-13-6-5-11(3)7-16-13/h5-7,10H,8H2,1-4H3,(H,17,18)/t14-/m1/s1. The van der Waals surface area contributed by atoms with Gasteiger partial charge in [0.2, 0.25) is 5.91 Å². The largest absolute Gasteiger partial charge is 0.337 e. The number of nitrogens with one attached hydrogen (secondary N) is 1. The number of hydrogen-bond donors (Lipinski definition) is 1. The Balaban J connectivity index is 2.53. The molecule has 1 aromatic heterocycles. The van der Waals surface area contributed by atoms with E-state index in [1.54, 1.807) is 13.1 Å². The monoisotopic (exact) mass is 277 g/mol. The van der Waals surface area contributed by atoms with Crippen LogP contribution in [0.25, 0.3) is 0 Å². The van der Waals surface area contributed by atoms with Crippen molar-refractivity contribution < 1.29 is 4.79 Å². The molecule has 0 aliphatic heterocycles. The zero-order valence-electron chi connectivity index (χ0n) is 11.7. The first-order chi connectivity index (χ1) is 8.87. The van der Waals surface area contributed by atoms with Crippen molar-refractivity contribution in [3.8, 4) is 6.07 Å². The molecule has 0 spiro atoms. The lowest BCUT2D eigenvalue weighted by atomic mass is 9.90. The average molecular weight is 277 g/mol. The summed E-state index contributed by atoms with van der Waals surface area (Å²) in [6, 6.07) is 6.00. The number of nitriles is 1.